The molecule has 1 amide bonds. The Labute approximate surface area is 726 Å². The molecule has 0 aliphatic carbocycles. The van der Waals surface area contributed by atoms with Crippen LogP contribution in [0.2, 0.25) is 15.1 Å². The van der Waals surface area contributed by atoms with Gasteiger partial charge in [-0.2, -0.15) is 0 Å². The average Bonchev–Trinajstić information content (AvgIpc) is 1.56. The van der Waals surface area contributed by atoms with Gasteiger partial charge in [0.1, 0.15) is 99.7 Å². The first-order valence-corrected chi connectivity index (χ1v) is 43.8. The topological polar surface area (TPSA) is 494 Å². The fourth-order valence-corrected chi connectivity index (χ4v) is 19.2. The van der Waals surface area contributed by atoms with Crippen LogP contribution >= 0.6 is 77.7 Å². The summed E-state index contributed by atoms with van der Waals surface area (Å²) in [6.07, 6.45) is -15.9. The second kappa shape index (κ2) is 35.9. The van der Waals surface area contributed by atoms with Gasteiger partial charge in [-0.1, -0.05) is 124 Å². The van der Waals surface area contributed by atoms with Gasteiger partial charge in [-0.05, 0) is 77.6 Å². The second-order valence-electron chi connectivity index (χ2n) is 29.2. The zero-order chi connectivity index (χ0) is 95.6. The number of hydrogen-bond donors (Lipinski definition) is 8. The lowest BCUT2D eigenvalue weighted by atomic mass is 10.1. The van der Waals surface area contributed by atoms with Crippen molar-refractivity contribution in [2.24, 2.45) is 0 Å². The van der Waals surface area contributed by atoms with Crippen LogP contribution in [0.15, 0.2) is 120 Å². The van der Waals surface area contributed by atoms with E-state index in [2.05, 4.69) is 11.9 Å². The number of aliphatic hydroxyl groups is 4. The van der Waals surface area contributed by atoms with Gasteiger partial charge in [0.15, 0.2) is 24.9 Å². The van der Waals surface area contributed by atoms with Crippen LogP contribution in [0, 0.1) is 55.4 Å². The number of carbonyl (C=O) groups excluding carboxylic acids is 1. The smallest absolute Gasteiger partial charge is 0.403 e. The maximum absolute atomic E-state index is 15.8. The number of benzene rings is 4. The van der Waals surface area contributed by atoms with E-state index in [-0.39, 0.29) is 48.8 Å². The number of aromatic nitrogens is 6. The van der Waals surface area contributed by atoms with Crippen molar-refractivity contribution in [3.05, 3.63) is 235 Å². The Bertz CT molecular complexity index is 6410. The molecule has 672 valence electrons. The van der Waals surface area contributed by atoms with E-state index in [1.165, 1.54) is 0 Å². The number of phosphoric ester groups is 4. The lowest BCUT2D eigenvalue weighted by Gasteiger charge is -2.34. The predicted octanol–water partition coefficient (Wildman–Crippen LogP) is 10.6. The van der Waals surface area contributed by atoms with Crippen molar-refractivity contribution in [1.29, 1.82) is 0 Å². The summed E-state index contributed by atoms with van der Waals surface area (Å²) in [6.45, 7) is 8.30. The zero-order valence-corrected chi connectivity index (χ0v) is 72.2. The highest BCUT2D eigenvalue weighted by atomic mass is 35.5. The molecule has 12 heterocycles. The fourth-order valence-electron chi connectivity index (χ4n) is 13.6. The molecule has 3 aromatic heterocycles. The van der Waals surface area contributed by atoms with E-state index in [0.717, 1.165) is 62.1 Å². The van der Waals surface area contributed by atoms with Gasteiger partial charge >= 0.3 is 48.4 Å². The van der Waals surface area contributed by atoms with Crippen LogP contribution < -0.4 is 57.2 Å². The van der Waals surface area contributed by atoms with Crippen molar-refractivity contribution in [2.45, 2.75) is 180 Å². The minimum atomic E-state index is -4.69. The van der Waals surface area contributed by atoms with Crippen LogP contribution in [0.5, 0.6) is 23.0 Å². The molecule has 8 N–H and O–H groups in total. The van der Waals surface area contributed by atoms with Gasteiger partial charge in [-0.25, -0.2) is 50.2 Å². The molecule has 7 aromatic rings. The third-order valence-corrected chi connectivity index (χ3v) is 24.9. The average molecular weight is 1910 g/mol. The maximum Gasteiger partial charge on any atom is 0.530 e. The van der Waals surface area contributed by atoms with Gasteiger partial charge in [-0.15, -0.1) is 0 Å². The molecule has 9 aliphatic heterocycles. The largest absolute Gasteiger partial charge is 0.530 e. The molecular formula is C73H78Cl4F4N8O31P4. The van der Waals surface area contributed by atoms with Gasteiger partial charge in [0, 0.05) is 72.7 Å². The first-order valence-electron chi connectivity index (χ1n) is 39.5. The van der Waals surface area contributed by atoms with Crippen LogP contribution in [0.25, 0.3) is 0 Å². The Kier molecular flexibility index (Phi) is 24.8. The Balaban J connectivity index is 0.000000148. The Hall–Kier alpha value is -7.97. The SMILES string of the molecule is Cc1cc(C)c2c(c1)COP(=O)(OC[C@]1(F)C[C@@H](O)[C@H](n3cc(Cl)c(=O)[nH]c3=O)O1)O2.[2H]C([2H])(OP1(=O)OCc2cc(C)cc(C)c2O1)[C@]1(F)C[C@@H](O)[C@H](n2cc(Cl)c(=O)[nH]c2=O)O1.[2H]C([2H])(OP1(=O)OCc2cc(C)cc(C)c2O1)[C@]1(F)C[C@@H](O)[C@]([2H])(N2C=C(Cl)C(=O)NC2=C)O1.[2H][C@@]1(n2cc(Cl)c(=O)[nH]c2=O)O[C@](F)(COP2(=O)OCc3cc(C)cc(C)c3O2)C[C@H]1O. The van der Waals surface area contributed by atoms with Gasteiger partial charge in [-0.3, -0.25) is 84.0 Å². The van der Waals surface area contributed by atoms with E-state index in [1.807, 2.05) is 60.8 Å². The van der Waals surface area contributed by atoms with Crippen molar-refractivity contribution in [3.63, 3.8) is 0 Å². The Morgan fingerprint density at radius 1 is 0.460 bits per heavy atom. The summed E-state index contributed by atoms with van der Waals surface area (Å²) in [5, 5.41) is 41.8. The maximum atomic E-state index is 15.8. The van der Waals surface area contributed by atoms with E-state index in [0.29, 0.717) is 59.6 Å². The summed E-state index contributed by atoms with van der Waals surface area (Å²) in [7, 11) is -17.7. The van der Waals surface area contributed by atoms with Crippen LogP contribution in [-0.2, 0) is 105 Å². The summed E-state index contributed by atoms with van der Waals surface area (Å²) >= 11 is 22.8. The molecule has 0 bridgehead atoms. The van der Waals surface area contributed by atoms with E-state index in [1.54, 1.807) is 58.0 Å². The number of ether oxygens (including phenoxy) is 4. The Morgan fingerprint density at radius 3 is 1.15 bits per heavy atom. The lowest BCUT2D eigenvalue weighted by Crippen LogP contribution is -2.46. The molecule has 4 fully saturated rings. The number of rotatable bonds is 16. The number of hydrogen-bond acceptors (Lipinski definition) is 32. The molecule has 16 rings (SSSR count). The number of aryl methyl sites for hydroxylation is 8. The van der Waals surface area contributed by atoms with E-state index < -0.39 is 211 Å². The highest BCUT2D eigenvalue weighted by Crippen LogP contribution is 2.61. The number of nitrogens with zero attached hydrogens (tertiary/aromatic N) is 4. The van der Waals surface area contributed by atoms with Gasteiger partial charge < -0.3 is 67.7 Å². The van der Waals surface area contributed by atoms with Crippen LogP contribution in [0.3, 0.4) is 0 Å². The molecule has 16 atom stereocenters. The molecule has 4 unspecified atom stereocenters. The monoisotopic (exact) mass is 1910 g/mol. The standard InChI is InChI=1S/C19H21ClFN2O7P.3C18H19ClFN2O8P/c1-10-4-11(2)16-13(5-10)8-27-31(26,30-16)28-9-19(21)6-15(24)18(29-19)23-7-14(20)17(25)22-12(23)3;3*1-9-3-10(2)14-11(4-9)7-27-31(26,30-14)28-8-18(20)5-13(23)16(29-18)22-6-12(19)15(24)21-17(22)25/h4-5,7,15,18,24H,3,6,8-9H2,1-2H3,(H,22,25);3*3-4,6,13,16,23H,5,7-8H2,1-2H3,(H,21,24,25)/t15-,18-,19+,31?;3*13-,16-,18+,31?/m1111/s1/i9D2,18D;16D;8D2;. The summed E-state index contributed by atoms with van der Waals surface area (Å²) in [5.74, 6) is -12.4. The molecular weight excluding hydrogens is 1830 g/mol. The molecule has 4 aromatic carbocycles. The molecule has 0 spiro atoms. The van der Waals surface area contributed by atoms with Crippen molar-refractivity contribution in [1.82, 2.24) is 38.9 Å². The van der Waals surface area contributed by atoms with E-state index >= 15 is 17.6 Å². The second-order valence-corrected chi connectivity index (χ2v) is 37.1. The fraction of sp³-hybridized carbons (Fsp3) is 0.438. The summed E-state index contributed by atoms with van der Waals surface area (Å²) in [4.78, 5) is 88.4. The van der Waals surface area contributed by atoms with Gasteiger partial charge in [0.25, 0.3) is 22.6 Å². The highest BCUT2D eigenvalue weighted by Gasteiger charge is 2.56. The van der Waals surface area contributed by atoms with E-state index in [4.69, 9.17) is 128 Å². The third kappa shape index (κ3) is 20.9. The third-order valence-electron chi connectivity index (χ3n) is 18.9. The lowest BCUT2D eigenvalue weighted by molar-refractivity contribution is -0.184. The number of fused-ring (bicyclic) bond motifs is 4. The number of nitrogens with one attached hydrogen (secondary N) is 4. The number of halogens is 8. The first kappa shape index (κ1) is 85.5. The van der Waals surface area contributed by atoms with Crippen molar-refractivity contribution in [2.75, 3.05) is 26.3 Å². The molecule has 0 saturated carbocycles. The Morgan fingerprint density at radius 2 is 0.758 bits per heavy atom. The molecule has 0 radical (unpaired) electrons. The molecule has 124 heavy (non-hydrogen) atoms. The summed E-state index contributed by atoms with van der Waals surface area (Å²) in [6, 6.07) is 14.2. The van der Waals surface area contributed by atoms with Crippen molar-refractivity contribution in [3.8, 4) is 23.0 Å². The van der Waals surface area contributed by atoms with Crippen LogP contribution in [-0.4, -0.2) is 140 Å². The van der Waals surface area contributed by atoms with E-state index in [9.17, 15) is 72.2 Å². The quantitative estimate of drug-likeness (QED) is 0.0329. The number of amides is 1. The number of phosphoric acid groups is 4. The number of aromatic amines is 3. The number of carbonyl (C=O) groups is 1. The molecule has 4 saturated heterocycles. The van der Waals surface area contributed by atoms with Crippen molar-refractivity contribution >= 4 is 83.6 Å². The van der Waals surface area contributed by atoms with Gasteiger partial charge in [0.2, 0.25) is 23.4 Å². The molecule has 51 heteroatoms. The highest BCUT2D eigenvalue weighted by molar-refractivity contribution is 7.49. The summed E-state index contributed by atoms with van der Waals surface area (Å²) in [5.41, 5.74) is 2.91. The van der Waals surface area contributed by atoms with Crippen molar-refractivity contribution < 1.29 is 142 Å². The first-order chi connectivity index (χ1) is 60.1. The number of H-pyrrole nitrogens is 3. The number of aliphatic hydroxyl groups excluding tert-OH is 4. The summed E-state index contributed by atoms with van der Waals surface area (Å²) < 4.78 is 247. The normalized spacial score (nSPS) is 32.9. The molecule has 39 nitrogen and oxygen atoms in total. The predicted molar refractivity (Wildman–Crippen MR) is 425 cm³/mol. The minimum absolute atomic E-state index is 0.0498. The van der Waals surface area contributed by atoms with Crippen LogP contribution in [0.1, 0.15) is 119 Å². The molecule has 9 aliphatic rings. The minimum Gasteiger partial charge on any atom is -0.403 e. The number of alkyl halides is 4. The van der Waals surface area contributed by atoms with Crippen LogP contribution in [0.4, 0.5) is 17.6 Å². The zero-order valence-electron chi connectivity index (χ0n) is 71.6. The van der Waals surface area contributed by atoms with Gasteiger partial charge in [0.05, 0.1) is 34.7 Å².